The number of nitro groups is 1. The number of phenolic OH excluding ortho intramolecular Hbond substituents is 2. The summed E-state index contributed by atoms with van der Waals surface area (Å²) in [4.78, 5) is 10.5. The first kappa shape index (κ1) is 13.4. The summed E-state index contributed by atoms with van der Waals surface area (Å²) < 4.78 is 0. The zero-order chi connectivity index (χ0) is 15.0. The van der Waals surface area contributed by atoms with Crippen LogP contribution in [-0.2, 0) is 6.42 Å². The third-order valence-corrected chi connectivity index (χ3v) is 3.83. The van der Waals surface area contributed by atoms with Crippen LogP contribution in [0.5, 0.6) is 11.5 Å². The van der Waals surface area contributed by atoms with E-state index in [9.17, 15) is 20.3 Å². The third kappa shape index (κ3) is 2.41. The van der Waals surface area contributed by atoms with Crippen LogP contribution in [0.15, 0.2) is 36.4 Å². The number of rotatable bonds is 2. The number of benzene rings is 2. The van der Waals surface area contributed by atoms with Crippen LogP contribution in [0.4, 0.5) is 5.69 Å². The number of nitro benzene ring substituents is 1. The summed E-state index contributed by atoms with van der Waals surface area (Å²) in [5.74, 6) is -0.298. The average molecular weight is 287 g/mol. The van der Waals surface area contributed by atoms with Gasteiger partial charge in [0.15, 0.2) is 11.5 Å². The smallest absolute Gasteiger partial charge is 0.269 e. The van der Waals surface area contributed by atoms with Crippen molar-refractivity contribution in [1.82, 2.24) is 0 Å². The normalized spacial score (nSPS) is 17.2. The molecule has 1 atom stereocenters. The lowest BCUT2D eigenvalue weighted by Crippen LogP contribution is -2.87. The van der Waals surface area contributed by atoms with Crippen LogP contribution in [-0.4, -0.2) is 21.7 Å². The number of aromatic hydroxyl groups is 2. The van der Waals surface area contributed by atoms with Gasteiger partial charge in [0.2, 0.25) is 0 Å². The molecule has 6 heteroatoms. The molecule has 1 heterocycles. The van der Waals surface area contributed by atoms with E-state index in [0.29, 0.717) is 0 Å². The summed E-state index contributed by atoms with van der Waals surface area (Å²) in [5.41, 5.74) is 2.72. The van der Waals surface area contributed by atoms with Crippen molar-refractivity contribution in [3.05, 3.63) is 63.2 Å². The SMILES string of the molecule is O=[N+]([O-])c1cccc([C@H]2[NH2+]CCc3cc(O)c(O)cc32)c1. The lowest BCUT2D eigenvalue weighted by atomic mass is 9.89. The van der Waals surface area contributed by atoms with E-state index >= 15 is 0 Å². The molecule has 1 aliphatic rings. The minimum absolute atomic E-state index is 0.0519. The monoisotopic (exact) mass is 287 g/mol. The minimum Gasteiger partial charge on any atom is -0.504 e. The second-order valence-corrected chi connectivity index (χ2v) is 5.14. The highest BCUT2D eigenvalue weighted by molar-refractivity contribution is 5.49. The molecule has 3 rings (SSSR count). The van der Waals surface area contributed by atoms with Crippen molar-refractivity contribution >= 4 is 5.69 Å². The van der Waals surface area contributed by atoms with Gasteiger partial charge in [-0.05, 0) is 17.7 Å². The maximum Gasteiger partial charge on any atom is 0.269 e. The van der Waals surface area contributed by atoms with E-state index in [-0.39, 0.29) is 23.2 Å². The Balaban J connectivity index is 2.08. The number of phenols is 2. The van der Waals surface area contributed by atoms with Gasteiger partial charge >= 0.3 is 0 Å². The number of nitrogens with two attached hydrogens (primary N) is 1. The summed E-state index contributed by atoms with van der Waals surface area (Å²) in [6, 6.07) is 9.52. The molecule has 108 valence electrons. The predicted octanol–water partition coefficient (Wildman–Crippen LogP) is 1.21. The van der Waals surface area contributed by atoms with Gasteiger partial charge in [-0.3, -0.25) is 10.1 Å². The Bertz CT molecular complexity index is 715. The van der Waals surface area contributed by atoms with Crippen LogP contribution < -0.4 is 5.32 Å². The zero-order valence-corrected chi connectivity index (χ0v) is 11.2. The largest absolute Gasteiger partial charge is 0.504 e. The van der Waals surface area contributed by atoms with Crippen molar-refractivity contribution in [2.45, 2.75) is 12.5 Å². The number of quaternary nitrogens is 1. The first-order valence-electron chi connectivity index (χ1n) is 6.68. The standard InChI is InChI=1S/C15H14N2O4/c18-13-7-9-4-5-16-15(12(9)8-14(13)19)10-2-1-3-11(6-10)17(20)21/h1-3,6-8,15-16,18-19H,4-5H2/p+1/t15-/m1/s1. The van der Waals surface area contributed by atoms with Crippen molar-refractivity contribution in [3.8, 4) is 11.5 Å². The summed E-state index contributed by atoms with van der Waals surface area (Å²) in [6.07, 6.45) is 0.786. The van der Waals surface area contributed by atoms with E-state index in [1.807, 2.05) is 6.07 Å². The summed E-state index contributed by atoms with van der Waals surface area (Å²) in [6.45, 7) is 0.824. The molecular formula is C15H15N2O4+. The first-order chi connectivity index (χ1) is 10.1. The van der Waals surface area contributed by atoms with Gasteiger partial charge in [0, 0.05) is 29.7 Å². The predicted molar refractivity (Wildman–Crippen MR) is 75.2 cm³/mol. The maximum atomic E-state index is 10.9. The van der Waals surface area contributed by atoms with Gasteiger partial charge < -0.3 is 15.5 Å². The van der Waals surface area contributed by atoms with E-state index < -0.39 is 4.92 Å². The molecule has 0 aromatic heterocycles. The second-order valence-electron chi connectivity index (χ2n) is 5.14. The molecule has 0 amide bonds. The Morgan fingerprint density at radius 2 is 1.95 bits per heavy atom. The van der Waals surface area contributed by atoms with Gasteiger partial charge in [-0.1, -0.05) is 12.1 Å². The molecule has 1 aliphatic heterocycles. The molecule has 0 radical (unpaired) electrons. The molecule has 0 bridgehead atoms. The fraction of sp³-hybridized carbons (Fsp3) is 0.200. The molecule has 4 N–H and O–H groups in total. The van der Waals surface area contributed by atoms with E-state index in [2.05, 4.69) is 5.32 Å². The molecule has 6 nitrogen and oxygen atoms in total. The molecule has 2 aromatic rings. The van der Waals surface area contributed by atoms with Crippen molar-refractivity contribution in [3.63, 3.8) is 0 Å². The molecule has 0 unspecified atom stereocenters. The van der Waals surface area contributed by atoms with Crippen LogP contribution in [0.25, 0.3) is 0 Å². The summed E-state index contributed by atoms with van der Waals surface area (Å²) in [5, 5.41) is 32.3. The molecular weight excluding hydrogens is 272 g/mol. The third-order valence-electron chi connectivity index (χ3n) is 3.83. The van der Waals surface area contributed by atoms with E-state index in [0.717, 1.165) is 29.7 Å². The van der Waals surface area contributed by atoms with Gasteiger partial charge in [0.05, 0.1) is 11.5 Å². The molecule has 2 aromatic carbocycles. The van der Waals surface area contributed by atoms with Gasteiger partial charge in [-0.25, -0.2) is 0 Å². The number of nitrogens with zero attached hydrogens (tertiary/aromatic N) is 1. The Labute approximate surface area is 120 Å². The van der Waals surface area contributed by atoms with E-state index in [1.165, 1.54) is 6.07 Å². The molecule has 0 fully saturated rings. The first-order valence-corrected chi connectivity index (χ1v) is 6.68. The van der Waals surface area contributed by atoms with E-state index in [4.69, 9.17) is 0 Å². The average Bonchev–Trinajstić information content (AvgIpc) is 2.48. The van der Waals surface area contributed by atoms with Crippen LogP contribution in [0, 0.1) is 10.1 Å². The fourth-order valence-corrected chi connectivity index (χ4v) is 2.82. The minimum atomic E-state index is -0.415. The Morgan fingerprint density at radius 1 is 1.19 bits per heavy atom. The van der Waals surface area contributed by atoms with Gasteiger partial charge in [0.1, 0.15) is 6.04 Å². The number of hydrogen-bond acceptors (Lipinski definition) is 4. The summed E-state index contributed by atoms with van der Waals surface area (Å²) >= 11 is 0. The number of non-ortho nitro benzene ring substituents is 1. The highest BCUT2D eigenvalue weighted by atomic mass is 16.6. The van der Waals surface area contributed by atoms with Crippen LogP contribution >= 0.6 is 0 Å². The maximum absolute atomic E-state index is 10.9. The number of hydrogen-bond donors (Lipinski definition) is 3. The Morgan fingerprint density at radius 3 is 2.71 bits per heavy atom. The van der Waals surface area contributed by atoms with Crippen LogP contribution in [0.1, 0.15) is 22.7 Å². The fourth-order valence-electron chi connectivity index (χ4n) is 2.82. The second kappa shape index (κ2) is 5.06. The quantitative estimate of drug-likeness (QED) is 0.439. The Hall–Kier alpha value is -2.60. The Kier molecular flexibility index (Phi) is 3.23. The highest BCUT2D eigenvalue weighted by Crippen LogP contribution is 2.34. The summed E-state index contributed by atoms with van der Waals surface area (Å²) in [7, 11) is 0. The molecule has 0 saturated carbocycles. The van der Waals surface area contributed by atoms with Crippen molar-refractivity contribution in [2.24, 2.45) is 0 Å². The van der Waals surface area contributed by atoms with Gasteiger partial charge in [0.25, 0.3) is 5.69 Å². The molecule has 0 spiro atoms. The lowest BCUT2D eigenvalue weighted by Gasteiger charge is -2.24. The van der Waals surface area contributed by atoms with Crippen molar-refractivity contribution < 1.29 is 20.5 Å². The van der Waals surface area contributed by atoms with Crippen LogP contribution in [0.2, 0.25) is 0 Å². The van der Waals surface area contributed by atoms with Crippen molar-refractivity contribution in [1.29, 1.82) is 0 Å². The van der Waals surface area contributed by atoms with Gasteiger partial charge in [-0.15, -0.1) is 0 Å². The highest BCUT2D eigenvalue weighted by Gasteiger charge is 2.27. The van der Waals surface area contributed by atoms with Crippen molar-refractivity contribution in [2.75, 3.05) is 6.54 Å². The molecule has 0 aliphatic carbocycles. The topological polar surface area (TPSA) is 100 Å². The van der Waals surface area contributed by atoms with Crippen LogP contribution in [0.3, 0.4) is 0 Å². The lowest BCUT2D eigenvalue weighted by molar-refractivity contribution is -0.690. The molecule has 0 saturated heterocycles. The van der Waals surface area contributed by atoms with Gasteiger partial charge in [-0.2, -0.15) is 0 Å². The zero-order valence-electron chi connectivity index (χ0n) is 11.2. The van der Waals surface area contributed by atoms with E-state index in [1.54, 1.807) is 24.3 Å². The molecule has 21 heavy (non-hydrogen) atoms. The number of fused-ring (bicyclic) bond motifs is 1.